The standard InChI is InChI=1S/C34H39FN4O5/c1-43-29-12-11-22(17-28(29)40)33-30(44-13-5-3-2-4-6-31(41)39-42)18-27(32-20-7-8-21(32)15-25(37)14-20)38-34(33)23-9-10-24(19-36)26(35)16-23/h9-12,16-18,20-21,25,32,40,42H,2-8,13-15,37H2,1H3,(H,39,41). The Labute approximate surface area is 256 Å². The SMILES string of the molecule is COc1ccc(-c2c(OCCCCCCC(=O)NO)cc(C3C4CCC3CC(N)C4)nc2-c2ccc(C#N)c(F)c2)cc1O. The Kier molecular flexibility index (Phi) is 9.98. The molecule has 0 saturated heterocycles. The van der Waals surface area contributed by atoms with Crippen molar-refractivity contribution >= 4 is 5.91 Å². The summed E-state index contributed by atoms with van der Waals surface area (Å²) < 4.78 is 26.7. The first kappa shape index (κ1) is 31.2. The van der Waals surface area contributed by atoms with Gasteiger partial charge in [0.05, 0.1) is 30.5 Å². The Morgan fingerprint density at radius 3 is 2.45 bits per heavy atom. The predicted molar refractivity (Wildman–Crippen MR) is 163 cm³/mol. The second kappa shape index (κ2) is 14.1. The zero-order valence-electron chi connectivity index (χ0n) is 24.9. The van der Waals surface area contributed by atoms with Crippen LogP contribution in [-0.2, 0) is 4.79 Å². The van der Waals surface area contributed by atoms with Gasteiger partial charge in [-0.05, 0) is 80.2 Å². The van der Waals surface area contributed by atoms with Crippen molar-refractivity contribution < 1.29 is 29.0 Å². The molecule has 0 spiro atoms. The summed E-state index contributed by atoms with van der Waals surface area (Å²) in [6, 6.07) is 13.6. The maximum absolute atomic E-state index is 15.0. The van der Waals surface area contributed by atoms with Crippen LogP contribution in [0.25, 0.3) is 22.4 Å². The second-order valence-corrected chi connectivity index (χ2v) is 11.9. The molecule has 10 heteroatoms. The van der Waals surface area contributed by atoms with Gasteiger partial charge in [0.25, 0.3) is 0 Å². The lowest BCUT2D eigenvalue weighted by molar-refractivity contribution is -0.129. The third-order valence-corrected chi connectivity index (χ3v) is 8.99. The molecule has 0 radical (unpaired) electrons. The highest BCUT2D eigenvalue weighted by atomic mass is 19.1. The van der Waals surface area contributed by atoms with E-state index in [2.05, 4.69) is 0 Å². The van der Waals surface area contributed by atoms with Crippen molar-refractivity contribution in [2.75, 3.05) is 13.7 Å². The largest absolute Gasteiger partial charge is 0.504 e. The van der Waals surface area contributed by atoms with Gasteiger partial charge in [-0.25, -0.2) is 9.87 Å². The molecule has 3 aromatic rings. The van der Waals surface area contributed by atoms with E-state index >= 15 is 0 Å². The van der Waals surface area contributed by atoms with E-state index in [9.17, 15) is 19.6 Å². The molecule has 0 aliphatic heterocycles. The van der Waals surface area contributed by atoms with Crippen LogP contribution in [-0.4, -0.2) is 41.0 Å². The molecule has 2 atom stereocenters. The normalized spacial score (nSPS) is 20.6. The van der Waals surface area contributed by atoms with Gasteiger partial charge < -0.3 is 20.3 Å². The van der Waals surface area contributed by atoms with E-state index in [0.717, 1.165) is 50.6 Å². The Morgan fingerprint density at radius 2 is 1.80 bits per heavy atom. The van der Waals surface area contributed by atoms with Gasteiger partial charge in [0.2, 0.25) is 5.91 Å². The van der Waals surface area contributed by atoms with Gasteiger partial charge in [-0.15, -0.1) is 0 Å². The van der Waals surface area contributed by atoms with Crippen LogP contribution in [0.3, 0.4) is 0 Å². The number of unbranched alkanes of at least 4 members (excludes halogenated alkanes) is 3. The summed E-state index contributed by atoms with van der Waals surface area (Å²) >= 11 is 0. The zero-order chi connectivity index (χ0) is 31.2. The Bertz CT molecular complexity index is 1530. The number of aromatic nitrogens is 1. The number of hydroxylamine groups is 1. The maximum Gasteiger partial charge on any atom is 0.243 e. The molecular formula is C34H39FN4O5. The van der Waals surface area contributed by atoms with Gasteiger partial charge in [0, 0.05) is 35.7 Å². The minimum atomic E-state index is -0.637. The molecule has 5 N–H and O–H groups in total. The van der Waals surface area contributed by atoms with Gasteiger partial charge >= 0.3 is 0 Å². The lowest BCUT2D eigenvalue weighted by Crippen LogP contribution is -2.33. The number of benzene rings is 2. The van der Waals surface area contributed by atoms with Gasteiger partial charge in [-0.2, -0.15) is 5.26 Å². The molecule has 2 aliphatic carbocycles. The third-order valence-electron chi connectivity index (χ3n) is 8.99. The van der Waals surface area contributed by atoms with Crippen molar-refractivity contribution in [3.8, 4) is 45.7 Å². The van der Waals surface area contributed by atoms with E-state index in [4.69, 9.17) is 25.4 Å². The highest BCUT2D eigenvalue weighted by molar-refractivity contribution is 5.86. The number of fused-ring (bicyclic) bond motifs is 2. The van der Waals surface area contributed by atoms with Crippen molar-refractivity contribution in [2.45, 2.75) is 69.7 Å². The number of nitrogens with zero attached hydrogens (tertiary/aromatic N) is 2. The minimum absolute atomic E-state index is 0.0526. The van der Waals surface area contributed by atoms with Crippen LogP contribution in [0, 0.1) is 29.0 Å². The van der Waals surface area contributed by atoms with Gasteiger partial charge in [0.15, 0.2) is 11.5 Å². The monoisotopic (exact) mass is 602 g/mol. The summed E-state index contributed by atoms with van der Waals surface area (Å²) in [7, 11) is 1.48. The summed E-state index contributed by atoms with van der Waals surface area (Å²) in [5.74, 6) is 0.816. The van der Waals surface area contributed by atoms with Crippen LogP contribution in [0.15, 0.2) is 42.5 Å². The van der Waals surface area contributed by atoms with E-state index in [-0.39, 0.29) is 29.7 Å². The number of rotatable bonds is 12. The van der Waals surface area contributed by atoms with E-state index in [0.29, 0.717) is 58.7 Å². The number of carbonyl (C=O) groups excluding carboxylic acids is 1. The fraction of sp³-hybridized carbons (Fsp3) is 0.441. The molecule has 2 aromatic carbocycles. The quantitative estimate of drug-likeness (QED) is 0.109. The number of methoxy groups -OCH3 is 1. The van der Waals surface area contributed by atoms with Crippen LogP contribution >= 0.6 is 0 Å². The van der Waals surface area contributed by atoms with E-state index in [1.54, 1.807) is 29.7 Å². The molecule has 2 saturated carbocycles. The first-order valence-corrected chi connectivity index (χ1v) is 15.3. The third kappa shape index (κ3) is 6.79. The van der Waals surface area contributed by atoms with Crippen molar-refractivity contribution in [1.29, 1.82) is 5.26 Å². The molecule has 1 amide bonds. The molecule has 232 valence electrons. The van der Waals surface area contributed by atoms with Gasteiger partial charge in [-0.1, -0.05) is 25.0 Å². The van der Waals surface area contributed by atoms with Crippen molar-refractivity contribution in [3.05, 3.63) is 59.5 Å². The lowest BCUT2D eigenvalue weighted by Gasteiger charge is -2.34. The molecule has 2 fully saturated rings. The van der Waals surface area contributed by atoms with Crippen molar-refractivity contribution in [1.82, 2.24) is 10.5 Å². The number of phenolic OH excluding ortho intramolecular Hbond substituents is 1. The molecule has 2 bridgehead atoms. The number of halogens is 1. The summed E-state index contributed by atoms with van der Waals surface area (Å²) in [6.45, 7) is 0.397. The molecule has 9 nitrogen and oxygen atoms in total. The number of aromatic hydroxyl groups is 1. The molecule has 5 rings (SSSR count). The van der Waals surface area contributed by atoms with Gasteiger partial charge in [-0.3, -0.25) is 15.0 Å². The van der Waals surface area contributed by atoms with Gasteiger partial charge in [0.1, 0.15) is 17.6 Å². The molecular weight excluding hydrogens is 563 g/mol. The molecule has 1 heterocycles. The average molecular weight is 603 g/mol. The summed E-state index contributed by atoms with van der Waals surface area (Å²) in [5.41, 5.74) is 11.1. The lowest BCUT2D eigenvalue weighted by atomic mass is 9.74. The molecule has 2 aliphatic rings. The van der Waals surface area contributed by atoms with Crippen LogP contribution in [0.5, 0.6) is 17.2 Å². The topological polar surface area (TPSA) is 151 Å². The Hall–Kier alpha value is -4.20. The fourth-order valence-corrected chi connectivity index (χ4v) is 6.95. The number of nitriles is 1. The van der Waals surface area contributed by atoms with Crippen LogP contribution in [0.1, 0.15) is 75.0 Å². The Morgan fingerprint density at radius 1 is 1.07 bits per heavy atom. The van der Waals surface area contributed by atoms with Crippen LogP contribution < -0.4 is 20.7 Å². The zero-order valence-corrected chi connectivity index (χ0v) is 24.9. The number of pyridine rings is 1. The number of hydrogen-bond donors (Lipinski definition) is 4. The fourth-order valence-electron chi connectivity index (χ4n) is 6.95. The predicted octanol–water partition coefficient (Wildman–Crippen LogP) is 6.21. The number of carbonyl (C=O) groups is 1. The number of hydrogen-bond acceptors (Lipinski definition) is 8. The molecule has 1 aromatic heterocycles. The first-order valence-electron chi connectivity index (χ1n) is 15.3. The number of nitrogens with two attached hydrogens (primary N) is 1. The second-order valence-electron chi connectivity index (χ2n) is 11.9. The maximum atomic E-state index is 15.0. The van der Waals surface area contributed by atoms with E-state index in [1.165, 1.54) is 19.2 Å². The average Bonchev–Trinajstić information content (AvgIpc) is 3.30. The van der Waals surface area contributed by atoms with Crippen LogP contribution in [0.2, 0.25) is 0 Å². The minimum Gasteiger partial charge on any atom is -0.504 e. The van der Waals surface area contributed by atoms with Crippen LogP contribution in [0.4, 0.5) is 4.39 Å². The molecule has 44 heavy (non-hydrogen) atoms. The highest BCUT2D eigenvalue weighted by Crippen LogP contribution is 2.53. The van der Waals surface area contributed by atoms with E-state index < -0.39 is 11.7 Å². The Balaban J connectivity index is 1.56. The summed E-state index contributed by atoms with van der Waals surface area (Å²) in [6.07, 6.45) is 7.32. The highest BCUT2D eigenvalue weighted by Gasteiger charge is 2.43. The number of amides is 1. The van der Waals surface area contributed by atoms with Crippen molar-refractivity contribution in [3.63, 3.8) is 0 Å². The number of phenols is 1. The number of ether oxygens (including phenoxy) is 2. The van der Waals surface area contributed by atoms with E-state index in [1.807, 2.05) is 12.1 Å². The van der Waals surface area contributed by atoms with Crippen molar-refractivity contribution in [2.24, 2.45) is 17.6 Å². The smallest absolute Gasteiger partial charge is 0.243 e. The number of nitrogens with one attached hydrogen (secondary N) is 1. The summed E-state index contributed by atoms with van der Waals surface area (Å²) in [5, 5.41) is 28.7. The first-order chi connectivity index (χ1) is 21.3. The molecule has 2 unspecified atom stereocenters. The summed E-state index contributed by atoms with van der Waals surface area (Å²) in [4.78, 5) is 16.5.